The molecule has 0 aliphatic rings. The number of benzene rings is 6. The van der Waals surface area contributed by atoms with Crippen LogP contribution in [0.25, 0.3) is 72.7 Å². The zero-order chi connectivity index (χ0) is 70.2. The van der Waals surface area contributed by atoms with Gasteiger partial charge in [-0.05, 0) is 90.8 Å². The van der Waals surface area contributed by atoms with Gasteiger partial charge in [-0.2, -0.15) is 0 Å². The molecule has 0 bridgehead atoms. The summed E-state index contributed by atoms with van der Waals surface area (Å²) in [4.78, 5) is 9.83. The molecule has 2 aromatic heterocycles. The molecule has 6 aromatic carbocycles. The fourth-order valence-electron chi connectivity index (χ4n) is 8.07. The van der Waals surface area contributed by atoms with Gasteiger partial charge in [0.1, 0.15) is 11.6 Å². The molecule has 0 unspecified atom stereocenters. The molecule has 0 saturated carbocycles. The number of hydrogen-bond donors (Lipinski definition) is 1. The number of aromatic hydroxyl groups is 1. The third-order valence-corrected chi connectivity index (χ3v) is 11.8. The van der Waals surface area contributed by atoms with E-state index in [1.165, 1.54) is 36.4 Å². The van der Waals surface area contributed by atoms with Crippen LogP contribution in [0.5, 0.6) is 5.75 Å². The largest absolute Gasteiger partial charge is 0.507 e. The number of imidazole rings is 1. The van der Waals surface area contributed by atoms with Gasteiger partial charge in [0.2, 0.25) is 0 Å². The Kier molecular flexibility index (Phi) is 6.69. The third-order valence-electron chi connectivity index (χ3n) is 11.8. The number of aromatic nitrogens is 3. The van der Waals surface area contributed by atoms with Gasteiger partial charge in [0, 0.05) is 81.1 Å². The number of phenols is 1. The molecule has 0 spiro atoms. The van der Waals surface area contributed by atoms with Crippen LogP contribution < -0.4 is 0 Å². The maximum atomic E-state index is 13.2. The van der Waals surface area contributed by atoms with Crippen molar-refractivity contribution in [2.75, 3.05) is 0 Å². The molecule has 8 rings (SSSR count). The second-order valence-corrected chi connectivity index (χ2v) is 18.9. The molecule has 348 valence electrons. The summed E-state index contributed by atoms with van der Waals surface area (Å²) in [6.45, 7) is -24.8. The van der Waals surface area contributed by atoms with E-state index in [4.69, 9.17) is 47.0 Å². The summed E-state index contributed by atoms with van der Waals surface area (Å²) in [5, 5.41) is 13.2. The number of hydrogen-bond acceptors (Lipinski definition) is 3. The van der Waals surface area contributed by atoms with Crippen molar-refractivity contribution in [2.45, 2.75) is 130 Å². The number of fused-ring (bicyclic) bond motifs is 1. The molecular formula is C62H68N3OPt-. The van der Waals surface area contributed by atoms with Crippen LogP contribution in [0.4, 0.5) is 0 Å². The van der Waals surface area contributed by atoms with Crippen molar-refractivity contribution >= 4 is 11.0 Å². The Balaban J connectivity index is 0.0000125. The molecule has 0 radical (unpaired) electrons. The van der Waals surface area contributed by atoms with Crippen molar-refractivity contribution in [3.8, 4) is 67.5 Å². The smallest absolute Gasteiger partial charge is 0.148 e. The number of rotatable bonds is 6. The van der Waals surface area contributed by atoms with E-state index in [1.807, 2.05) is 63.2 Å². The first-order valence-electron chi connectivity index (χ1n) is 34.8. The van der Waals surface area contributed by atoms with E-state index in [1.54, 1.807) is 24.4 Å². The second-order valence-electron chi connectivity index (χ2n) is 18.9. The summed E-state index contributed by atoms with van der Waals surface area (Å²) in [7, 11) is 0. The number of phenolic OH excluding ortho intramolecular Hbond substituents is 1. The monoisotopic (exact) mass is 1090 g/mol. The summed E-state index contributed by atoms with van der Waals surface area (Å²) in [6.07, 6.45) is 1.63. The molecule has 0 aliphatic carbocycles. The summed E-state index contributed by atoms with van der Waals surface area (Å²) in [6, 6.07) is 34.8. The first-order chi connectivity index (χ1) is 42.0. The van der Waals surface area contributed by atoms with Crippen LogP contribution in [0.1, 0.15) is 168 Å². The molecule has 2 heterocycles. The van der Waals surface area contributed by atoms with Crippen LogP contribution in [0.3, 0.4) is 0 Å². The van der Waals surface area contributed by atoms with Gasteiger partial charge in [-0.15, -0.1) is 29.3 Å². The van der Waals surface area contributed by atoms with E-state index in [0.29, 0.717) is 28.5 Å². The maximum absolute atomic E-state index is 13.2. The van der Waals surface area contributed by atoms with Gasteiger partial charge in [0.25, 0.3) is 0 Å². The van der Waals surface area contributed by atoms with Crippen LogP contribution in [0.2, 0.25) is 0 Å². The van der Waals surface area contributed by atoms with Crippen molar-refractivity contribution in [1.82, 2.24) is 14.5 Å². The third kappa shape index (κ3) is 10.0. The van der Waals surface area contributed by atoms with Crippen molar-refractivity contribution in [1.29, 1.82) is 0 Å². The summed E-state index contributed by atoms with van der Waals surface area (Å²) in [5.41, 5.74) is -13.4. The fraction of sp³-hybridized carbons (Fsp3) is 0.323. The van der Waals surface area contributed by atoms with Gasteiger partial charge in [-0.25, -0.2) is 4.98 Å². The topological polar surface area (TPSA) is 50.9 Å². The first kappa shape index (κ1) is 25.2. The SMILES string of the molecule is [2H]C([2H])([2H])C(c1ccc(-n2c(-c3cc(C(C([2H])([2H])[2H])(C([2H])([2H])[2H])C([2H])([2H])[2H])cc(C(C([2H])([2H])[2H])(C([2H])([2H])[2H])C([2H])([2H])[2H])c3O)nc3c(-c4[c-]c(-c5cc(-c6ccc(C(C)(C)C)cc6)ccn5)cc(C(C)(C)C)c4)cccc32)c(-c2ccccc2)c1)(C([2H])([2H])[2H])C([2H])([2H])[2H].[Pt]. The van der Waals surface area contributed by atoms with Gasteiger partial charge < -0.3 is 5.11 Å². The normalized spacial score (nSPS) is 20.3. The van der Waals surface area contributed by atoms with Crippen LogP contribution in [0.15, 0.2) is 134 Å². The Labute approximate surface area is 453 Å². The average molecular weight is 1090 g/mol. The van der Waals surface area contributed by atoms with Gasteiger partial charge >= 0.3 is 0 Å². The van der Waals surface area contributed by atoms with Crippen LogP contribution in [-0.4, -0.2) is 19.6 Å². The molecule has 8 aromatic rings. The van der Waals surface area contributed by atoms with Gasteiger partial charge in [0.15, 0.2) is 0 Å². The Morgan fingerprint density at radius 2 is 1.12 bits per heavy atom. The molecule has 0 amide bonds. The standard InChI is InChI=1S/C62H68N3O.Pt/c1-58(2,3)44-26-24-39(25-27-44)41-30-31-63-52(35-41)43-32-42(33-46(34-43)60(7,8)9)48-22-19-23-54-55(48)64-57(50-37-47(61(10,11)12)38-51(56(50)66)62(13,14)15)65(54)53-29-28-45(59(4,5)6)36-49(53)40-20-17-16-18-21-40;/h16-31,33-38,66H,1-15H3;/q-1;/i4D3,5D3,6D3,10D3,11D3,12D3,13D3,14D3,15D3;. The van der Waals surface area contributed by atoms with Gasteiger partial charge in [0.05, 0.1) is 22.3 Å². The molecule has 0 fully saturated rings. The van der Waals surface area contributed by atoms with Crippen molar-refractivity contribution in [3.63, 3.8) is 0 Å². The van der Waals surface area contributed by atoms with Crippen LogP contribution in [-0.2, 0) is 48.1 Å². The Bertz CT molecular complexity index is 4000. The van der Waals surface area contributed by atoms with E-state index in [0.717, 1.165) is 39.5 Å². The number of pyridine rings is 1. The van der Waals surface area contributed by atoms with E-state index in [9.17, 15) is 5.11 Å². The first-order valence-corrected chi connectivity index (χ1v) is 21.3. The minimum absolute atomic E-state index is 0. The van der Waals surface area contributed by atoms with Crippen LogP contribution in [0, 0.1) is 6.07 Å². The molecule has 67 heavy (non-hydrogen) atoms. The molecule has 0 saturated heterocycles. The van der Waals surface area contributed by atoms with Crippen LogP contribution >= 0.6 is 0 Å². The second kappa shape index (κ2) is 17.8. The zero-order valence-corrected chi connectivity index (χ0v) is 40.1. The zero-order valence-electron chi connectivity index (χ0n) is 64.8. The Morgan fingerprint density at radius 3 is 1.78 bits per heavy atom. The predicted octanol–water partition coefficient (Wildman–Crippen LogP) is 16.7. The van der Waals surface area contributed by atoms with Crippen molar-refractivity contribution in [2.24, 2.45) is 0 Å². The quantitative estimate of drug-likeness (QED) is 0.169. The van der Waals surface area contributed by atoms with Gasteiger partial charge in [-0.1, -0.05) is 199 Å². The number of para-hydroxylation sites is 1. The minimum atomic E-state index is -4.33. The molecule has 5 heteroatoms. The molecule has 4 nitrogen and oxygen atoms in total. The summed E-state index contributed by atoms with van der Waals surface area (Å²) < 4.78 is 238. The van der Waals surface area contributed by atoms with Crippen molar-refractivity contribution in [3.05, 3.63) is 167 Å². The minimum Gasteiger partial charge on any atom is -0.507 e. The predicted molar refractivity (Wildman–Crippen MR) is 280 cm³/mol. The van der Waals surface area contributed by atoms with Crippen molar-refractivity contribution < 1.29 is 63.2 Å². The summed E-state index contributed by atoms with van der Waals surface area (Å²) >= 11 is 0. The molecule has 0 atom stereocenters. The number of nitrogens with zero attached hydrogens (tertiary/aromatic N) is 3. The average Bonchev–Trinajstić information content (AvgIpc) is 0.807. The maximum Gasteiger partial charge on any atom is 0.148 e. The van der Waals surface area contributed by atoms with E-state index in [-0.39, 0.29) is 66.0 Å². The molecular weight excluding hydrogens is 998 g/mol. The fourth-order valence-corrected chi connectivity index (χ4v) is 8.07. The van der Waals surface area contributed by atoms with E-state index < -0.39 is 117 Å². The Morgan fingerprint density at radius 1 is 0.507 bits per heavy atom. The molecule has 1 N–H and O–H groups in total. The molecule has 0 aliphatic heterocycles. The summed E-state index contributed by atoms with van der Waals surface area (Å²) in [5.74, 6) is -2.33. The van der Waals surface area contributed by atoms with Gasteiger partial charge in [-0.3, -0.25) is 9.55 Å². The van der Waals surface area contributed by atoms with E-state index in [2.05, 4.69) is 26.8 Å². The Hall–Kier alpha value is -5.57. The van der Waals surface area contributed by atoms with E-state index >= 15 is 0 Å².